The Morgan fingerprint density at radius 2 is 1.75 bits per heavy atom. The molecule has 0 saturated carbocycles. The molecule has 1 aromatic carbocycles. The maximum Gasteiger partial charge on any atom is 0.314 e. The summed E-state index contributed by atoms with van der Waals surface area (Å²) in [5, 5.41) is 9.25. The maximum atomic E-state index is 11.7. The molecule has 0 radical (unpaired) electrons. The lowest BCUT2D eigenvalue weighted by atomic mass is 10.1. The first-order valence-electron chi connectivity index (χ1n) is 9.28. The standard InChI is InChI=1S/C19H32N4O/c1-17(18-9-4-2-5-10-18)20-12-13-22-19(24)21-11-8-16-23-14-6-3-7-15-23/h2,4-5,9-10,17,20H,3,6-8,11-16H2,1H3,(H2,21,22,24). The van der Waals surface area contributed by atoms with E-state index >= 15 is 0 Å². The van der Waals surface area contributed by atoms with E-state index in [4.69, 9.17) is 0 Å². The van der Waals surface area contributed by atoms with Gasteiger partial charge in [0.1, 0.15) is 0 Å². The maximum absolute atomic E-state index is 11.7. The second kappa shape index (κ2) is 11.0. The summed E-state index contributed by atoms with van der Waals surface area (Å²) in [6.45, 7) is 7.81. The fraction of sp³-hybridized carbons (Fsp3) is 0.632. The van der Waals surface area contributed by atoms with Gasteiger partial charge >= 0.3 is 6.03 Å². The van der Waals surface area contributed by atoms with Crippen molar-refractivity contribution in [3.05, 3.63) is 35.9 Å². The van der Waals surface area contributed by atoms with Crippen molar-refractivity contribution in [2.45, 2.75) is 38.6 Å². The zero-order chi connectivity index (χ0) is 17.0. The summed E-state index contributed by atoms with van der Waals surface area (Å²) >= 11 is 0. The van der Waals surface area contributed by atoms with E-state index in [0.717, 1.165) is 26.1 Å². The van der Waals surface area contributed by atoms with Gasteiger partial charge < -0.3 is 20.9 Å². The molecule has 0 aromatic heterocycles. The molecule has 1 unspecified atom stereocenters. The van der Waals surface area contributed by atoms with Crippen LogP contribution in [-0.2, 0) is 0 Å². The molecular weight excluding hydrogens is 300 g/mol. The molecule has 1 aliphatic rings. The molecule has 1 aliphatic heterocycles. The normalized spacial score (nSPS) is 16.5. The summed E-state index contributed by atoms with van der Waals surface area (Å²) in [6.07, 6.45) is 5.04. The summed E-state index contributed by atoms with van der Waals surface area (Å²) < 4.78 is 0. The van der Waals surface area contributed by atoms with Gasteiger partial charge in [-0.15, -0.1) is 0 Å². The molecule has 2 amide bonds. The van der Waals surface area contributed by atoms with Crippen LogP contribution in [0.15, 0.2) is 30.3 Å². The van der Waals surface area contributed by atoms with Crippen LogP contribution in [0.1, 0.15) is 44.2 Å². The molecule has 24 heavy (non-hydrogen) atoms. The predicted molar refractivity (Wildman–Crippen MR) is 99.2 cm³/mol. The summed E-state index contributed by atoms with van der Waals surface area (Å²) in [5.74, 6) is 0. The Labute approximate surface area is 146 Å². The number of amides is 2. The van der Waals surface area contributed by atoms with E-state index < -0.39 is 0 Å². The summed E-state index contributed by atoms with van der Waals surface area (Å²) in [4.78, 5) is 14.2. The minimum Gasteiger partial charge on any atom is -0.338 e. The van der Waals surface area contributed by atoms with Gasteiger partial charge in [0.15, 0.2) is 0 Å². The van der Waals surface area contributed by atoms with Crippen molar-refractivity contribution in [1.29, 1.82) is 0 Å². The van der Waals surface area contributed by atoms with Crippen molar-refractivity contribution >= 4 is 6.03 Å². The molecule has 1 fully saturated rings. The fourth-order valence-electron chi connectivity index (χ4n) is 3.07. The minimum absolute atomic E-state index is 0.0668. The van der Waals surface area contributed by atoms with Crippen molar-refractivity contribution in [2.24, 2.45) is 0 Å². The number of hydrogen-bond acceptors (Lipinski definition) is 3. The fourth-order valence-corrected chi connectivity index (χ4v) is 3.07. The number of benzene rings is 1. The molecule has 5 nitrogen and oxygen atoms in total. The molecule has 1 heterocycles. The highest BCUT2D eigenvalue weighted by molar-refractivity contribution is 5.73. The lowest BCUT2D eigenvalue weighted by molar-refractivity contribution is 0.222. The van der Waals surface area contributed by atoms with Gasteiger partial charge in [-0.2, -0.15) is 0 Å². The SMILES string of the molecule is CC(NCCNC(=O)NCCCN1CCCCC1)c1ccccc1. The van der Waals surface area contributed by atoms with Crippen LogP contribution in [0.25, 0.3) is 0 Å². The summed E-state index contributed by atoms with van der Waals surface area (Å²) in [5.41, 5.74) is 1.26. The monoisotopic (exact) mass is 332 g/mol. The van der Waals surface area contributed by atoms with Gasteiger partial charge in [0.05, 0.1) is 0 Å². The van der Waals surface area contributed by atoms with E-state index in [9.17, 15) is 4.79 Å². The molecule has 1 aromatic rings. The summed E-state index contributed by atoms with van der Waals surface area (Å²) in [7, 11) is 0. The zero-order valence-corrected chi connectivity index (χ0v) is 14.9. The number of nitrogens with zero attached hydrogens (tertiary/aromatic N) is 1. The average molecular weight is 332 g/mol. The highest BCUT2D eigenvalue weighted by Crippen LogP contribution is 2.10. The number of rotatable bonds is 9. The van der Waals surface area contributed by atoms with Crippen molar-refractivity contribution in [1.82, 2.24) is 20.9 Å². The molecule has 3 N–H and O–H groups in total. The lowest BCUT2D eigenvalue weighted by Crippen LogP contribution is -2.40. The van der Waals surface area contributed by atoms with Gasteiger partial charge in [-0.3, -0.25) is 0 Å². The van der Waals surface area contributed by atoms with Crippen molar-refractivity contribution in [3.63, 3.8) is 0 Å². The zero-order valence-electron chi connectivity index (χ0n) is 14.9. The van der Waals surface area contributed by atoms with E-state index in [0.29, 0.717) is 12.6 Å². The van der Waals surface area contributed by atoms with Gasteiger partial charge in [-0.1, -0.05) is 36.8 Å². The smallest absolute Gasteiger partial charge is 0.314 e. The number of nitrogens with one attached hydrogen (secondary N) is 3. The molecule has 1 saturated heterocycles. The molecule has 0 bridgehead atoms. The molecule has 0 aliphatic carbocycles. The Bertz CT molecular complexity index is 460. The largest absolute Gasteiger partial charge is 0.338 e. The third kappa shape index (κ3) is 7.32. The third-order valence-electron chi connectivity index (χ3n) is 4.55. The number of likely N-dealkylation sites (tertiary alicyclic amines) is 1. The average Bonchev–Trinajstić information content (AvgIpc) is 2.64. The van der Waals surface area contributed by atoms with Crippen LogP contribution in [0.4, 0.5) is 4.79 Å². The Morgan fingerprint density at radius 1 is 1.04 bits per heavy atom. The van der Waals surface area contributed by atoms with E-state index in [-0.39, 0.29) is 6.03 Å². The third-order valence-corrected chi connectivity index (χ3v) is 4.55. The van der Waals surface area contributed by atoms with Crippen molar-refractivity contribution < 1.29 is 4.79 Å². The first-order valence-corrected chi connectivity index (χ1v) is 9.28. The number of carbonyl (C=O) groups is 1. The summed E-state index contributed by atoms with van der Waals surface area (Å²) in [6, 6.07) is 10.6. The van der Waals surface area contributed by atoms with Crippen LogP contribution in [0.3, 0.4) is 0 Å². The molecule has 1 atom stereocenters. The Kier molecular flexibility index (Phi) is 8.63. The van der Waals surface area contributed by atoms with Crippen LogP contribution >= 0.6 is 0 Å². The van der Waals surface area contributed by atoms with E-state index in [2.05, 4.69) is 39.9 Å². The molecule has 0 spiro atoms. The predicted octanol–water partition coefficient (Wildman–Crippen LogP) is 2.51. The number of urea groups is 1. The van der Waals surface area contributed by atoms with Crippen molar-refractivity contribution in [3.8, 4) is 0 Å². The van der Waals surface area contributed by atoms with Crippen LogP contribution in [0.5, 0.6) is 0 Å². The van der Waals surface area contributed by atoms with Crippen LogP contribution in [0, 0.1) is 0 Å². The molecular formula is C19H32N4O. The Balaban J connectivity index is 1.46. The molecule has 5 heteroatoms. The second-order valence-corrected chi connectivity index (χ2v) is 6.53. The van der Waals surface area contributed by atoms with Gasteiger partial charge in [-0.05, 0) is 51.4 Å². The molecule has 2 rings (SSSR count). The van der Waals surface area contributed by atoms with E-state index in [1.54, 1.807) is 0 Å². The number of hydrogen-bond donors (Lipinski definition) is 3. The second-order valence-electron chi connectivity index (χ2n) is 6.53. The minimum atomic E-state index is -0.0668. The van der Waals surface area contributed by atoms with Crippen LogP contribution < -0.4 is 16.0 Å². The first kappa shape index (κ1) is 18.7. The highest BCUT2D eigenvalue weighted by atomic mass is 16.2. The van der Waals surface area contributed by atoms with Crippen LogP contribution in [0.2, 0.25) is 0 Å². The lowest BCUT2D eigenvalue weighted by Gasteiger charge is -2.26. The van der Waals surface area contributed by atoms with Crippen LogP contribution in [-0.4, -0.2) is 50.2 Å². The Hall–Kier alpha value is -1.59. The van der Waals surface area contributed by atoms with Gasteiger partial charge in [-0.25, -0.2) is 4.79 Å². The molecule has 134 valence electrons. The van der Waals surface area contributed by atoms with E-state index in [1.807, 2.05) is 18.2 Å². The number of carbonyl (C=O) groups excluding carboxylic acids is 1. The quantitative estimate of drug-likeness (QED) is 0.609. The number of piperidine rings is 1. The topological polar surface area (TPSA) is 56.4 Å². The van der Waals surface area contributed by atoms with Gasteiger partial charge in [0, 0.05) is 25.7 Å². The van der Waals surface area contributed by atoms with Gasteiger partial charge in [0.25, 0.3) is 0 Å². The van der Waals surface area contributed by atoms with Crippen molar-refractivity contribution in [2.75, 3.05) is 39.3 Å². The van der Waals surface area contributed by atoms with E-state index in [1.165, 1.54) is 37.9 Å². The van der Waals surface area contributed by atoms with Gasteiger partial charge in [0.2, 0.25) is 0 Å². The first-order chi connectivity index (χ1) is 11.8. The highest BCUT2D eigenvalue weighted by Gasteiger charge is 2.09. The Morgan fingerprint density at radius 3 is 2.50 bits per heavy atom.